The van der Waals surface area contributed by atoms with Gasteiger partial charge in [-0.3, -0.25) is 0 Å². The highest BCUT2D eigenvalue weighted by Crippen LogP contribution is 2.39. The molecule has 1 N–H and O–H groups in total. The number of carbonyl (C=O) groups is 1. The molecule has 0 spiro atoms. The first kappa shape index (κ1) is 23.5. The largest absolute Gasteiger partial charge is 0.335 e. The van der Waals surface area contributed by atoms with E-state index in [2.05, 4.69) is 22.9 Å². The number of aryl methyl sites for hydroxylation is 1. The summed E-state index contributed by atoms with van der Waals surface area (Å²) in [7, 11) is 0. The van der Waals surface area contributed by atoms with Gasteiger partial charge in [-0.1, -0.05) is 56.5 Å². The highest BCUT2D eigenvalue weighted by Gasteiger charge is 2.37. The molecule has 0 radical (unpaired) electrons. The lowest BCUT2D eigenvalue weighted by molar-refractivity contribution is 0.173. The standard InChI is InChI=1S/C30H32FN5O/c1-2-26-25-20-35(30(37)32-23-10-5-3-6-11-23)28(21-15-17-22(31)18-16-21)27-14-9-19-34(27)29(25)36(33-26)24-12-7-4-8-13-24/h4,7-9,12-19,23,28H,2-3,5-6,10-11,20H2,1H3,(H,32,37)/t28-/m1/s1. The molecule has 1 fully saturated rings. The Morgan fingerprint density at radius 3 is 2.49 bits per heavy atom. The van der Waals surface area contributed by atoms with Gasteiger partial charge < -0.3 is 14.8 Å². The van der Waals surface area contributed by atoms with Crippen LogP contribution in [0.15, 0.2) is 72.9 Å². The third-order valence-electron chi connectivity index (χ3n) is 7.68. The van der Waals surface area contributed by atoms with Crippen molar-refractivity contribution in [3.63, 3.8) is 0 Å². The summed E-state index contributed by atoms with van der Waals surface area (Å²) < 4.78 is 18.1. The van der Waals surface area contributed by atoms with Crippen LogP contribution in [0, 0.1) is 5.82 Å². The van der Waals surface area contributed by atoms with Crippen molar-refractivity contribution < 1.29 is 9.18 Å². The van der Waals surface area contributed by atoms with Crippen LogP contribution in [0.5, 0.6) is 0 Å². The number of aromatic nitrogens is 3. The monoisotopic (exact) mass is 497 g/mol. The molecule has 190 valence electrons. The van der Waals surface area contributed by atoms with Gasteiger partial charge in [-0.2, -0.15) is 5.10 Å². The fourth-order valence-corrected chi connectivity index (χ4v) is 5.85. The van der Waals surface area contributed by atoms with Crippen LogP contribution in [0.1, 0.15) is 67.6 Å². The van der Waals surface area contributed by atoms with Gasteiger partial charge in [0.05, 0.1) is 29.7 Å². The van der Waals surface area contributed by atoms with Crippen LogP contribution in [0.25, 0.3) is 11.5 Å². The second-order valence-corrected chi connectivity index (χ2v) is 10.0. The quantitative estimate of drug-likeness (QED) is 0.359. The van der Waals surface area contributed by atoms with Crippen LogP contribution < -0.4 is 5.32 Å². The highest BCUT2D eigenvalue weighted by atomic mass is 19.1. The van der Waals surface area contributed by atoms with E-state index in [4.69, 9.17) is 5.10 Å². The Balaban J connectivity index is 1.52. The lowest BCUT2D eigenvalue weighted by Gasteiger charge is -2.33. The van der Waals surface area contributed by atoms with Crippen molar-refractivity contribution in [1.29, 1.82) is 0 Å². The average molecular weight is 498 g/mol. The summed E-state index contributed by atoms with van der Waals surface area (Å²) in [6, 6.07) is 20.4. The van der Waals surface area contributed by atoms with Crippen molar-refractivity contribution in [1.82, 2.24) is 24.6 Å². The first-order valence-electron chi connectivity index (χ1n) is 13.3. The van der Waals surface area contributed by atoms with Gasteiger partial charge >= 0.3 is 6.03 Å². The number of hydrogen-bond acceptors (Lipinski definition) is 2. The van der Waals surface area contributed by atoms with Gasteiger partial charge in [0.15, 0.2) is 0 Å². The van der Waals surface area contributed by atoms with Crippen LogP contribution in [-0.4, -0.2) is 31.3 Å². The predicted octanol–water partition coefficient (Wildman–Crippen LogP) is 6.31. The van der Waals surface area contributed by atoms with Crippen molar-refractivity contribution >= 4 is 6.03 Å². The Labute approximate surface area is 216 Å². The zero-order valence-corrected chi connectivity index (χ0v) is 21.1. The molecule has 7 heteroatoms. The van der Waals surface area contributed by atoms with Crippen molar-refractivity contribution in [2.24, 2.45) is 0 Å². The molecule has 1 saturated carbocycles. The number of nitrogens with zero attached hydrogens (tertiary/aromatic N) is 4. The van der Waals surface area contributed by atoms with E-state index in [0.717, 1.165) is 66.1 Å². The average Bonchev–Trinajstić information content (AvgIpc) is 3.51. The smallest absolute Gasteiger partial charge is 0.318 e. The van der Waals surface area contributed by atoms with Crippen LogP contribution in [0.3, 0.4) is 0 Å². The van der Waals surface area contributed by atoms with Crippen molar-refractivity contribution in [3.05, 3.63) is 101 Å². The fraction of sp³-hybridized carbons (Fsp3) is 0.333. The SMILES string of the molecule is CCc1nn(-c2ccccc2)c2c1CN(C(=O)NC1CCCCC1)[C@H](c1ccc(F)cc1)c1cccn1-2. The number of carbonyl (C=O) groups excluding carboxylic acids is 1. The molecule has 3 heterocycles. The molecular formula is C30H32FN5O. The maximum absolute atomic E-state index is 14.0. The fourth-order valence-electron chi connectivity index (χ4n) is 5.85. The first-order chi connectivity index (χ1) is 18.1. The predicted molar refractivity (Wildman–Crippen MR) is 141 cm³/mol. The molecule has 6 rings (SSSR count). The Hall–Kier alpha value is -3.87. The minimum atomic E-state index is -0.375. The van der Waals surface area contributed by atoms with E-state index >= 15 is 0 Å². The van der Waals surface area contributed by atoms with Gasteiger partial charge in [0, 0.05) is 17.8 Å². The Morgan fingerprint density at radius 2 is 1.76 bits per heavy atom. The molecule has 2 amide bonds. The number of rotatable bonds is 4. The molecular weight excluding hydrogens is 465 g/mol. The molecule has 37 heavy (non-hydrogen) atoms. The number of nitrogens with one attached hydrogen (secondary N) is 1. The third-order valence-corrected chi connectivity index (χ3v) is 7.68. The van der Waals surface area contributed by atoms with Crippen molar-refractivity contribution in [3.8, 4) is 11.5 Å². The second-order valence-electron chi connectivity index (χ2n) is 10.0. The highest BCUT2D eigenvalue weighted by molar-refractivity contribution is 5.76. The van der Waals surface area contributed by atoms with Gasteiger partial charge in [0.25, 0.3) is 0 Å². The molecule has 1 atom stereocenters. The Morgan fingerprint density at radius 1 is 1.00 bits per heavy atom. The molecule has 4 aromatic rings. The molecule has 0 bridgehead atoms. The summed E-state index contributed by atoms with van der Waals surface area (Å²) in [4.78, 5) is 15.9. The summed E-state index contributed by atoms with van der Waals surface area (Å²) in [5.74, 6) is 0.658. The van der Waals surface area contributed by atoms with Crippen molar-refractivity contribution in [2.45, 2.75) is 64.1 Å². The number of fused-ring (bicyclic) bond motifs is 3. The van der Waals surface area contributed by atoms with E-state index in [1.807, 2.05) is 52.2 Å². The Kier molecular flexibility index (Phi) is 6.28. The topological polar surface area (TPSA) is 55.1 Å². The summed E-state index contributed by atoms with van der Waals surface area (Å²) in [5.41, 5.74) is 4.80. The van der Waals surface area contributed by atoms with Gasteiger partial charge in [-0.15, -0.1) is 0 Å². The minimum Gasteiger partial charge on any atom is -0.335 e. The number of benzene rings is 2. The van der Waals surface area contributed by atoms with E-state index < -0.39 is 0 Å². The second kappa shape index (κ2) is 9.88. The van der Waals surface area contributed by atoms with Crippen LogP contribution >= 0.6 is 0 Å². The van der Waals surface area contributed by atoms with E-state index in [1.165, 1.54) is 18.6 Å². The van der Waals surface area contributed by atoms with Gasteiger partial charge in [0.1, 0.15) is 11.6 Å². The van der Waals surface area contributed by atoms with Crippen LogP contribution in [0.2, 0.25) is 0 Å². The maximum atomic E-state index is 14.0. The van der Waals surface area contributed by atoms with Gasteiger partial charge in [-0.05, 0) is 61.2 Å². The third kappa shape index (κ3) is 4.32. The summed E-state index contributed by atoms with van der Waals surface area (Å²) in [6.07, 6.45) is 8.31. The van der Waals surface area contributed by atoms with Crippen LogP contribution in [-0.2, 0) is 13.0 Å². The normalized spacial score (nSPS) is 17.7. The van der Waals surface area contributed by atoms with Gasteiger partial charge in [0.2, 0.25) is 0 Å². The zero-order chi connectivity index (χ0) is 25.4. The first-order valence-corrected chi connectivity index (χ1v) is 13.3. The zero-order valence-electron chi connectivity index (χ0n) is 21.1. The molecule has 2 aliphatic rings. The van der Waals surface area contributed by atoms with Gasteiger partial charge in [-0.25, -0.2) is 13.9 Å². The lowest BCUT2D eigenvalue weighted by atomic mass is 9.95. The minimum absolute atomic E-state index is 0.0867. The molecule has 2 aromatic heterocycles. The molecule has 1 aliphatic heterocycles. The number of para-hydroxylation sites is 1. The van der Waals surface area contributed by atoms with E-state index in [9.17, 15) is 9.18 Å². The molecule has 0 unspecified atom stereocenters. The molecule has 2 aromatic carbocycles. The number of hydrogen-bond donors (Lipinski definition) is 1. The van der Waals surface area contributed by atoms with Crippen LogP contribution in [0.4, 0.5) is 9.18 Å². The lowest BCUT2D eigenvalue weighted by Crippen LogP contribution is -2.46. The summed E-state index contributed by atoms with van der Waals surface area (Å²) in [5, 5.41) is 8.34. The Bertz CT molecular complexity index is 1390. The molecule has 0 saturated heterocycles. The van der Waals surface area contributed by atoms with E-state index in [0.29, 0.717) is 6.54 Å². The van der Waals surface area contributed by atoms with E-state index in [1.54, 1.807) is 12.1 Å². The molecule has 6 nitrogen and oxygen atoms in total. The summed E-state index contributed by atoms with van der Waals surface area (Å²) in [6.45, 7) is 2.51. The number of halogens is 1. The van der Waals surface area contributed by atoms with E-state index in [-0.39, 0.29) is 23.9 Å². The molecule has 1 aliphatic carbocycles. The number of urea groups is 1. The maximum Gasteiger partial charge on any atom is 0.318 e. The summed E-state index contributed by atoms with van der Waals surface area (Å²) >= 11 is 0. The van der Waals surface area contributed by atoms with Crippen molar-refractivity contribution in [2.75, 3.05) is 0 Å². The number of amides is 2.